The fourth-order valence-electron chi connectivity index (χ4n) is 5.69. The van der Waals surface area contributed by atoms with Crippen LogP contribution >= 0.6 is 0 Å². The fourth-order valence-corrected chi connectivity index (χ4v) is 5.69. The lowest BCUT2D eigenvalue weighted by molar-refractivity contribution is -0.142. The van der Waals surface area contributed by atoms with Gasteiger partial charge in [-0.1, -0.05) is 30.3 Å². The highest BCUT2D eigenvalue weighted by atomic mass is 16.6. The molecule has 5 rings (SSSR count). The quantitative estimate of drug-likeness (QED) is 0.211. The average molecular weight is 618 g/mol. The van der Waals surface area contributed by atoms with Crippen molar-refractivity contribution < 1.29 is 23.8 Å². The van der Waals surface area contributed by atoms with Crippen molar-refractivity contribution in [1.29, 1.82) is 0 Å². The Labute approximate surface area is 263 Å². The van der Waals surface area contributed by atoms with Crippen LogP contribution in [0.25, 0.3) is 21.9 Å². The molecule has 2 N–H and O–H groups in total. The summed E-state index contributed by atoms with van der Waals surface area (Å²) < 4.78 is 17.9. The third-order valence-corrected chi connectivity index (χ3v) is 8.19. The van der Waals surface area contributed by atoms with Gasteiger partial charge in [0.15, 0.2) is 12.4 Å². The first-order valence-corrected chi connectivity index (χ1v) is 15.4. The number of nitrogen functional groups attached to an aromatic ring is 1. The van der Waals surface area contributed by atoms with Gasteiger partial charge in [0.25, 0.3) is 0 Å². The van der Waals surface area contributed by atoms with Crippen LogP contribution in [0.1, 0.15) is 17.8 Å². The molecule has 0 aliphatic carbocycles. The number of ether oxygens (including phenoxy) is 3. The molecule has 2 aromatic heterocycles. The number of carbonyl (C=O) groups excluding carboxylic acids is 2. The standard InChI is InChI=1S/C33H43N7O5/c1-37-15-17-38(18-16-37)22-29(41)39(21-24-8-6-9-25(20-24)45-23-30(42)44-3)13-7-14-40-28(12-19-43-2)36-31-32(40)26-10-4-5-11-27(26)35-33(31)34/h4-6,8-11,20H,7,12-19,21-23H2,1-3H3,(H2,34,35). The smallest absolute Gasteiger partial charge is 0.343 e. The van der Waals surface area contributed by atoms with Crippen LogP contribution in [-0.2, 0) is 38.6 Å². The van der Waals surface area contributed by atoms with Gasteiger partial charge >= 0.3 is 5.97 Å². The van der Waals surface area contributed by atoms with Gasteiger partial charge in [0.2, 0.25) is 5.91 Å². The number of esters is 1. The number of methoxy groups -OCH3 is 2. The van der Waals surface area contributed by atoms with Gasteiger partial charge in [-0.25, -0.2) is 14.8 Å². The molecule has 1 fully saturated rings. The van der Waals surface area contributed by atoms with Crippen molar-refractivity contribution in [3.63, 3.8) is 0 Å². The van der Waals surface area contributed by atoms with Crippen LogP contribution in [0.15, 0.2) is 48.5 Å². The summed E-state index contributed by atoms with van der Waals surface area (Å²) >= 11 is 0. The van der Waals surface area contributed by atoms with Gasteiger partial charge in [-0.2, -0.15) is 0 Å². The normalized spacial score (nSPS) is 14.2. The number of piperazine rings is 1. The van der Waals surface area contributed by atoms with Gasteiger partial charge in [0.1, 0.15) is 17.1 Å². The van der Waals surface area contributed by atoms with Gasteiger partial charge in [-0.15, -0.1) is 0 Å². The first-order valence-electron chi connectivity index (χ1n) is 15.4. The number of benzene rings is 2. The average Bonchev–Trinajstić information content (AvgIpc) is 3.42. The molecular weight excluding hydrogens is 574 g/mol. The molecule has 12 heteroatoms. The summed E-state index contributed by atoms with van der Waals surface area (Å²) in [6.07, 6.45) is 1.33. The van der Waals surface area contributed by atoms with Gasteiger partial charge in [-0.3, -0.25) is 9.69 Å². The van der Waals surface area contributed by atoms with E-state index in [9.17, 15) is 9.59 Å². The van der Waals surface area contributed by atoms with E-state index in [1.54, 1.807) is 13.2 Å². The zero-order valence-corrected chi connectivity index (χ0v) is 26.4. The van der Waals surface area contributed by atoms with E-state index >= 15 is 0 Å². The number of likely N-dealkylation sites (N-methyl/N-ethyl adjacent to an activating group) is 1. The molecule has 240 valence electrons. The highest BCUT2D eigenvalue weighted by molar-refractivity contribution is 6.06. The maximum atomic E-state index is 13.8. The molecule has 0 saturated carbocycles. The van der Waals surface area contributed by atoms with E-state index in [1.807, 2.05) is 47.4 Å². The largest absolute Gasteiger partial charge is 0.482 e. The maximum Gasteiger partial charge on any atom is 0.343 e. The highest BCUT2D eigenvalue weighted by Gasteiger charge is 2.22. The minimum atomic E-state index is -0.452. The van der Waals surface area contributed by atoms with E-state index in [0.717, 1.165) is 54.0 Å². The topological polar surface area (TPSA) is 128 Å². The molecular formula is C33H43N7O5. The number of aromatic nitrogens is 3. The summed E-state index contributed by atoms with van der Waals surface area (Å²) in [5.74, 6) is 1.46. The van der Waals surface area contributed by atoms with Crippen molar-refractivity contribution in [2.75, 3.05) is 79.5 Å². The Morgan fingerprint density at radius 2 is 1.82 bits per heavy atom. The van der Waals surface area contributed by atoms with Gasteiger partial charge in [0.05, 0.1) is 31.3 Å². The van der Waals surface area contributed by atoms with E-state index in [1.165, 1.54) is 7.11 Å². The Kier molecular flexibility index (Phi) is 10.8. The zero-order valence-electron chi connectivity index (χ0n) is 26.4. The Morgan fingerprint density at radius 3 is 2.60 bits per heavy atom. The number of aryl methyl sites for hydroxylation is 1. The number of fused-ring (bicyclic) bond motifs is 3. The summed E-state index contributed by atoms with van der Waals surface area (Å²) in [7, 11) is 5.11. The van der Waals surface area contributed by atoms with Crippen LogP contribution in [0.4, 0.5) is 5.82 Å². The van der Waals surface area contributed by atoms with Crippen molar-refractivity contribution in [2.24, 2.45) is 0 Å². The molecule has 3 heterocycles. The van der Waals surface area contributed by atoms with Crippen molar-refractivity contribution in [3.8, 4) is 5.75 Å². The van der Waals surface area contributed by atoms with E-state index in [2.05, 4.69) is 26.4 Å². The fraction of sp³-hybridized carbons (Fsp3) is 0.455. The van der Waals surface area contributed by atoms with Crippen LogP contribution < -0.4 is 10.5 Å². The molecule has 0 radical (unpaired) electrons. The number of nitrogens with two attached hydrogens (primary N) is 1. The van der Waals surface area contributed by atoms with Gasteiger partial charge < -0.3 is 34.3 Å². The summed E-state index contributed by atoms with van der Waals surface area (Å²) in [6.45, 7) is 5.93. The summed E-state index contributed by atoms with van der Waals surface area (Å²) in [6, 6.07) is 15.4. The van der Waals surface area contributed by atoms with E-state index in [-0.39, 0.29) is 12.5 Å². The maximum absolute atomic E-state index is 13.8. The summed E-state index contributed by atoms with van der Waals surface area (Å²) in [4.78, 5) is 41.3. The molecule has 2 aromatic carbocycles. The van der Waals surface area contributed by atoms with Crippen LogP contribution in [0.2, 0.25) is 0 Å². The van der Waals surface area contributed by atoms with E-state index in [0.29, 0.717) is 62.7 Å². The molecule has 0 unspecified atom stereocenters. The van der Waals surface area contributed by atoms with Crippen LogP contribution in [0, 0.1) is 0 Å². The number of imidazole rings is 1. The third kappa shape index (κ3) is 8.07. The Balaban J connectivity index is 1.37. The van der Waals surface area contributed by atoms with Gasteiger partial charge in [0, 0.05) is 64.7 Å². The number of rotatable bonds is 14. The molecule has 1 amide bonds. The number of para-hydroxylation sites is 1. The highest BCUT2D eigenvalue weighted by Crippen LogP contribution is 2.29. The SMILES string of the molecule is COCCc1nc2c(N)nc3ccccc3c2n1CCCN(Cc1cccc(OCC(=O)OC)c1)C(=O)CN1CCN(C)CC1. The molecule has 1 aliphatic rings. The lowest BCUT2D eigenvalue weighted by atomic mass is 10.1. The molecule has 45 heavy (non-hydrogen) atoms. The van der Waals surface area contributed by atoms with E-state index in [4.69, 9.17) is 24.9 Å². The summed E-state index contributed by atoms with van der Waals surface area (Å²) in [5, 5.41) is 0.990. The van der Waals surface area contributed by atoms with Crippen molar-refractivity contribution in [2.45, 2.75) is 25.9 Å². The third-order valence-electron chi connectivity index (χ3n) is 8.19. The zero-order chi connectivity index (χ0) is 31.8. The second-order valence-corrected chi connectivity index (χ2v) is 11.4. The molecule has 1 aliphatic heterocycles. The number of amides is 1. The number of carbonyl (C=O) groups is 2. The van der Waals surface area contributed by atoms with Gasteiger partial charge in [-0.05, 0) is 37.2 Å². The molecule has 0 bridgehead atoms. The number of nitrogens with zero attached hydrogens (tertiary/aromatic N) is 6. The van der Waals surface area contributed by atoms with Crippen molar-refractivity contribution >= 4 is 39.6 Å². The first-order chi connectivity index (χ1) is 21.9. The molecule has 4 aromatic rings. The number of hydrogen-bond acceptors (Lipinski definition) is 10. The Bertz CT molecular complexity index is 1620. The van der Waals surface area contributed by atoms with Crippen molar-refractivity contribution in [3.05, 3.63) is 59.9 Å². The molecule has 12 nitrogen and oxygen atoms in total. The monoisotopic (exact) mass is 617 g/mol. The predicted molar refractivity (Wildman–Crippen MR) is 173 cm³/mol. The summed E-state index contributed by atoms with van der Waals surface area (Å²) in [5.41, 5.74) is 9.76. The van der Waals surface area contributed by atoms with Crippen LogP contribution in [0.5, 0.6) is 5.75 Å². The van der Waals surface area contributed by atoms with Crippen LogP contribution in [0.3, 0.4) is 0 Å². The second kappa shape index (κ2) is 15.2. The number of anilines is 1. The molecule has 0 spiro atoms. The van der Waals surface area contributed by atoms with Crippen LogP contribution in [-0.4, -0.2) is 115 Å². The number of hydrogen-bond donors (Lipinski definition) is 1. The lowest BCUT2D eigenvalue weighted by Crippen LogP contribution is -2.49. The minimum Gasteiger partial charge on any atom is -0.482 e. The predicted octanol–water partition coefficient (Wildman–Crippen LogP) is 2.57. The Hall–Kier alpha value is -4.26. The van der Waals surface area contributed by atoms with Crippen molar-refractivity contribution in [1.82, 2.24) is 29.2 Å². The molecule has 0 atom stereocenters. The molecule has 1 saturated heterocycles. The Morgan fingerprint density at radius 1 is 1.02 bits per heavy atom. The lowest BCUT2D eigenvalue weighted by Gasteiger charge is -2.33. The second-order valence-electron chi connectivity index (χ2n) is 11.4. The number of pyridine rings is 1. The first kappa shape index (κ1) is 32.1. The van der Waals surface area contributed by atoms with E-state index < -0.39 is 5.97 Å². The minimum absolute atomic E-state index is 0.0782.